The molecule has 0 heterocycles. The van der Waals surface area contributed by atoms with Gasteiger partial charge in [-0.05, 0) is 96.3 Å². The lowest BCUT2D eigenvalue weighted by atomic mass is 10.00. The van der Waals surface area contributed by atoms with E-state index in [9.17, 15) is 25.2 Å². The van der Waals surface area contributed by atoms with Crippen LogP contribution in [0.4, 0.5) is 0 Å². The molecule has 4 unspecified atom stereocenters. The molecule has 1 amide bonds. The van der Waals surface area contributed by atoms with E-state index in [0.717, 1.165) is 57.8 Å². The largest absolute Gasteiger partial charge is 0.394 e. The number of aliphatic hydroxyl groups is 4. The maximum atomic E-state index is 12.6. The molecule has 0 fully saturated rings. The van der Waals surface area contributed by atoms with Gasteiger partial charge < -0.3 is 25.7 Å². The molecule has 0 aliphatic rings. The van der Waals surface area contributed by atoms with Crippen LogP contribution in [0.1, 0.15) is 264 Å². The van der Waals surface area contributed by atoms with Gasteiger partial charge in [0.1, 0.15) is 12.2 Å². The Bertz CT molecular complexity index is 1080. The van der Waals surface area contributed by atoms with Crippen LogP contribution < -0.4 is 5.32 Å². The van der Waals surface area contributed by atoms with Crippen molar-refractivity contribution in [2.45, 2.75) is 289 Å². The number of amides is 1. The first-order valence-corrected chi connectivity index (χ1v) is 27.2. The molecule has 0 aliphatic carbocycles. The molecule has 4 atom stereocenters. The summed E-state index contributed by atoms with van der Waals surface area (Å²) in [5.74, 6) is -0.600. The third-order valence-electron chi connectivity index (χ3n) is 12.4. The molecule has 63 heavy (non-hydrogen) atoms. The molecule has 5 N–H and O–H groups in total. The van der Waals surface area contributed by atoms with Crippen molar-refractivity contribution in [3.8, 4) is 0 Å². The minimum atomic E-state index is -1.30. The van der Waals surface area contributed by atoms with E-state index in [-0.39, 0.29) is 0 Å². The van der Waals surface area contributed by atoms with E-state index in [4.69, 9.17) is 0 Å². The third-order valence-corrected chi connectivity index (χ3v) is 12.4. The van der Waals surface area contributed by atoms with Crippen molar-refractivity contribution in [2.24, 2.45) is 0 Å². The fourth-order valence-corrected chi connectivity index (χ4v) is 8.11. The van der Waals surface area contributed by atoms with Crippen LogP contribution in [0.2, 0.25) is 0 Å². The fourth-order valence-electron chi connectivity index (χ4n) is 8.11. The number of carbonyl (C=O) groups excluding carboxylic acids is 1. The van der Waals surface area contributed by atoms with E-state index >= 15 is 0 Å². The normalized spacial score (nSPS) is 14.3. The van der Waals surface area contributed by atoms with Crippen LogP contribution in [-0.2, 0) is 4.79 Å². The SMILES string of the molecule is CCCCCC/C=C/CC/C=C/CC/C=C/CCCC(O)C(O)C(CO)NC(=O)C(O)CCCCCCCCCCCCCCCC/C=C\C/C=C\CCCCCCCCCCC. The van der Waals surface area contributed by atoms with Crippen LogP contribution in [0.15, 0.2) is 60.8 Å². The Morgan fingerprint density at radius 1 is 0.397 bits per heavy atom. The van der Waals surface area contributed by atoms with Crippen LogP contribution in [0, 0.1) is 0 Å². The highest BCUT2D eigenvalue weighted by Gasteiger charge is 2.28. The van der Waals surface area contributed by atoms with E-state index in [1.165, 1.54) is 173 Å². The van der Waals surface area contributed by atoms with Gasteiger partial charge >= 0.3 is 0 Å². The number of allylic oxidation sites excluding steroid dienone is 10. The van der Waals surface area contributed by atoms with Gasteiger partial charge in [0, 0.05) is 0 Å². The Morgan fingerprint density at radius 3 is 1.11 bits per heavy atom. The highest BCUT2D eigenvalue weighted by Crippen LogP contribution is 2.16. The number of carbonyl (C=O) groups is 1. The van der Waals surface area contributed by atoms with Gasteiger partial charge in [-0.2, -0.15) is 0 Å². The number of rotatable bonds is 49. The molecule has 0 bridgehead atoms. The Morgan fingerprint density at radius 2 is 0.714 bits per heavy atom. The molecule has 6 heteroatoms. The van der Waals surface area contributed by atoms with Gasteiger partial charge in [-0.25, -0.2) is 0 Å². The monoisotopic (exact) mass is 884 g/mol. The summed E-state index contributed by atoms with van der Waals surface area (Å²) >= 11 is 0. The zero-order valence-corrected chi connectivity index (χ0v) is 41.6. The number of nitrogens with one attached hydrogen (secondary N) is 1. The minimum Gasteiger partial charge on any atom is -0.394 e. The molecule has 0 rings (SSSR count). The van der Waals surface area contributed by atoms with Gasteiger partial charge in [-0.15, -0.1) is 0 Å². The zero-order chi connectivity index (χ0) is 45.9. The summed E-state index contributed by atoms with van der Waals surface area (Å²) in [6.07, 6.45) is 65.7. The molecule has 6 nitrogen and oxygen atoms in total. The average molecular weight is 884 g/mol. The van der Waals surface area contributed by atoms with Gasteiger partial charge in [-0.3, -0.25) is 4.79 Å². The van der Waals surface area contributed by atoms with E-state index in [0.29, 0.717) is 19.3 Å². The molecule has 0 spiro atoms. The first kappa shape index (κ1) is 61.0. The predicted molar refractivity (Wildman–Crippen MR) is 274 cm³/mol. The standard InChI is InChI=1S/C57H105NO5/c1-3-5-7-9-11-13-15-17-19-21-22-23-24-25-26-27-28-29-30-31-32-33-35-37-39-41-43-45-47-49-51-55(61)57(63)58-53(52-59)56(62)54(60)50-48-46-44-42-40-38-36-34-20-18-16-14-12-10-8-6-4-2/h14,16,22-23,25-26,34,36,42,44,53-56,59-62H,3-13,15,17-21,24,27-33,35,37-41,43,45-52H2,1-2H3,(H,58,63)/b16-14+,23-22-,26-25-,36-34+,44-42+. The van der Waals surface area contributed by atoms with Crippen molar-refractivity contribution in [3.05, 3.63) is 60.8 Å². The molecule has 0 radical (unpaired) electrons. The van der Waals surface area contributed by atoms with Crippen LogP contribution in [0.3, 0.4) is 0 Å². The summed E-state index contributed by atoms with van der Waals surface area (Å²) in [5.41, 5.74) is 0. The summed E-state index contributed by atoms with van der Waals surface area (Å²) in [5, 5.41) is 43.8. The van der Waals surface area contributed by atoms with Gasteiger partial charge in [0.2, 0.25) is 5.91 Å². The second-order valence-electron chi connectivity index (χ2n) is 18.5. The van der Waals surface area contributed by atoms with Gasteiger partial charge in [0.25, 0.3) is 0 Å². The highest BCUT2D eigenvalue weighted by atomic mass is 16.3. The Balaban J connectivity index is 3.68. The Hall–Kier alpha value is -1.99. The predicted octanol–water partition coefficient (Wildman–Crippen LogP) is 15.6. The molecule has 0 saturated carbocycles. The molecule has 0 saturated heterocycles. The molecule has 0 aliphatic heterocycles. The molecular formula is C57H105NO5. The van der Waals surface area contributed by atoms with Crippen LogP contribution >= 0.6 is 0 Å². The van der Waals surface area contributed by atoms with E-state index in [2.05, 4.69) is 79.9 Å². The van der Waals surface area contributed by atoms with Gasteiger partial charge in [0.15, 0.2) is 0 Å². The third kappa shape index (κ3) is 45.0. The number of aliphatic hydroxyl groups excluding tert-OH is 4. The minimum absolute atomic E-state index is 0.356. The van der Waals surface area contributed by atoms with Gasteiger partial charge in [-0.1, -0.05) is 229 Å². The van der Waals surface area contributed by atoms with Crippen molar-refractivity contribution in [3.63, 3.8) is 0 Å². The molecule has 0 aromatic heterocycles. The summed E-state index contributed by atoms with van der Waals surface area (Å²) in [4.78, 5) is 12.6. The summed E-state index contributed by atoms with van der Waals surface area (Å²) in [6.45, 7) is 4.03. The van der Waals surface area contributed by atoms with Crippen molar-refractivity contribution >= 4 is 5.91 Å². The lowest BCUT2D eigenvalue weighted by molar-refractivity contribution is -0.132. The summed E-state index contributed by atoms with van der Waals surface area (Å²) < 4.78 is 0. The van der Waals surface area contributed by atoms with Crippen molar-refractivity contribution in [1.29, 1.82) is 0 Å². The number of hydrogen-bond acceptors (Lipinski definition) is 5. The fraction of sp³-hybridized carbons (Fsp3) is 0.807. The van der Waals surface area contributed by atoms with Crippen molar-refractivity contribution in [1.82, 2.24) is 5.32 Å². The average Bonchev–Trinajstić information content (AvgIpc) is 3.29. The summed E-state index contributed by atoms with van der Waals surface area (Å²) in [7, 11) is 0. The van der Waals surface area contributed by atoms with Crippen molar-refractivity contribution in [2.75, 3.05) is 6.61 Å². The maximum Gasteiger partial charge on any atom is 0.249 e. The molecule has 0 aromatic carbocycles. The quantitative estimate of drug-likeness (QED) is 0.0309. The second-order valence-corrected chi connectivity index (χ2v) is 18.5. The highest BCUT2D eigenvalue weighted by molar-refractivity contribution is 5.80. The number of unbranched alkanes of at least 4 members (excludes halogenated alkanes) is 30. The Kier molecular flexibility index (Phi) is 49.4. The first-order chi connectivity index (χ1) is 31.0. The lowest BCUT2D eigenvalue weighted by Gasteiger charge is -2.27. The molecule has 0 aromatic rings. The van der Waals surface area contributed by atoms with Crippen LogP contribution in [0.5, 0.6) is 0 Å². The maximum absolute atomic E-state index is 12.6. The Labute approximate surface area is 391 Å². The van der Waals surface area contributed by atoms with E-state index < -0.39 is 36.9 Å². The van der Waals surface area contributed by atoms with Gasteiger partial charge in [0.05, 0.1) is 18.8 Å². The summed E-state index contributed by atoms with van der Waals surface area (Å²) in [6, 6.07) is -1.01. The van der Waals surface area contributed by atoms with E-state index in [1.54, 1.807) is 0 Å². The molecule has 368 valence electrons. The lowest BCUT2D eigenvalue weighted by Crippen LogP contribution is -2.53. The first-order valence-electron chi connectivity index (χ1n) is 27.2. The number of hydrogen-bond donors (Lipinski definition) is 5. The van der Waals surface area contributed by atoms with Crippen LogP contribution in [0.25, 0.3) is 0 Å². The van der Waals surface area contributed by atoms with Crippen molar-refractivity contribution < 1.29 is 25.2 Å². The topological polar surface area (TPSA) is 110 Å². The van der Waals surface area contributed by atoms with E-state index in [1.807, 2.05) is 0 Å². The molecular weight excluding hydrogens is 779 g/mol. The zero-order valence-electron chi connectivity index (χ0n) is 41.6. The van der Waals surface area contributed by atoms with Crippen LogP contribution in [-0.4, -0.2) is 57.3 Å². The second kappa shape index (κ2) is 51.0. The smallest absolute Gasteiger partial charge is 0.249 e.